The van der Waals surface area contributed by atoms with Crippen LogP contribution in [0.25, 0.3) is 0 Å². The topological polar surface area (TPSA) is 63.6 Å². The smallest absolute Gasteiger partial charge is 0.307 e. The summed E-state index contributed by atoms with van der Waals surface area (Å²) >= 11 is 0. The molecule has 0 fully saturated rings. The molecule has 192 valence electrons. The molecule has 4 nitrogen and oxygen atoms in total. The van der Waals surface area contributed by atoms with Crippen molar-refractivity contribution in [3.05, 3.63) is 24.8 Å². The molecule has 0 aliphatic rings. The fourth-order valence-electron chi connectivity index (χ4n) is 4.06. The number of carboxylic acids is 1. The lowest BCUT2D eigenvalue weighted by Crippen LogP contribution is -2.19. The second-order valence-electron chi connectivity index (χ2n) is 9.35. The third kappa shape index (κ3) is 23.4. The van der Waals surface area contributed by atoms with Crippen LogP contribution >= 0.6 is 0 Å². The molecule has 0 saturated heterocycles. The lowest BCUT2D eigenvalue weighted by Gasteiger charge is -2.11. The van der Waals surface area contributed by atoms with Gasteiger partial charge in [0.2, 0.25) is 0 Å². The van der Waals surface area contributed by atoms with Crippen molar-refractivity contribution in [3.63, 3.8) is 0 Å². The van der Waals surface area contributed by atoms with Gasteiger partial charge >= 0.3 is 11.9 Å². The first-order valence-electron chi connectivity index (χ1n) is 13.8. The fraction of sp³-hybridized carbons (Fsp3) is 0.793. The first kappa shape index (κ1) is 31.4. The molecule has 1 unspecified atom stereocenters. The molecule has 1 atom stereocenters. The Kier molecular flexibility index (Phi) is 23.9. The lowest BCUT2D eigenvalue weighted by molar-refractivity contribution is -0.151. The summed E-state index contributed by atoms with van der Waals surface area (Å²) < 4.78 is 4.90. The van der Waals surface area contributed by atoms with Gasteiger partial charge in [-0.05, 0) is 25.7 Å². The van der Waals surface area contributed by atoms with Gasteiger partial charge in [0, 0.05) is 0 Å². The van der Waals surface area contributed by atoms with Crippen molar-refractivity contribution in [2.75, 3.05) is 6.61 Å². The highest BCUT2D eigenvalue weighted by atomic mass is 16.5. The maximum atomic E-state index is 11.6. The lowest BCUT2D eigenvalue weighted by atomic mass is 9.97. The second-order valence-corrected chi connectivity index (χ2v) is 9.35. The van der Waals surface area contributed by atoms with E-state index in [0.29, 0.717) is 6.42 Å². The molecule has 1 N–H and O–H groups in total. The van der Waals surface area contributed by atoms with Crippen molar-refractivity contribution in [1.29, 1.82) is 0 Å². The van der Waals surface area contributed by atoms with Gasteiger partial charge in [-0.2, -0.15) is 0 Å². The van der Waals surface area contributed by atoms with E-state index in [2.05, 4.69) is 25.7 Å². The van der Waals surface area contributed by atoms with Gasteiger partial charge in [-0.15, -0.1) is 0 Å². The number of carboxylic acid groups (broad SMARTS) is 1. The molecule has 0 heterocycles. The van der Waals surface area contributed by atoms with Crippen molar-refractivity contribution in [2.45, 2.75) is 135 Å². The predicted octanol–water partition coefficient (Wildman–Crippen LogP) is 8.79. The Labute approximate surface area is 204 Å². The minimum absolute atomic E-state index is 0.0420. The molecule has 0 aromatic rings. The van der Waals surface area contributed by atoms with Crippen LogP contribution in [0, 0.1) is 5.92 Å². The number of carbonyl (C=O) groups is 2. The zero-order valence-electron chi connectivity index (χ0n) is 21.5. The molecule has 0 aromatic carbocycles. The third-order valence-electron chi connectivity index (χ3n) is 6.19. The van der Waals surface area contributed by atoms with Gasteiger partial charge in [0.25, 0.3) is 0 Å². The van der Waals surface area contributed by atoms with E-state index in [1.165, 1.54) is 102 Å². The summed E-state index contributed by atoms with van der Waals surface area (Å²) in [5.74, 6) is -1.98. The molecule has 0 radical (unpaired) electrons. The van der Waals surface area contributed by atoms with Crippen LogP contribution in [0.5, 0.6) is 0 Å². The van der Waals surface area contributed by atoms with Gasteiger partial charge in [0.1, 0.15) is 6.61 Å². The third-order valence-corrected chi connectivity index (χ3v) is 6.19. The molecule has 0 spiro atoms. The maximum absolute atomic E-state index is 11.6. The van der Waals surface area contributed by atoms with E-state index >= 15 is 0 Å². The molecule has 0 bridgehead atoms. The van der Waals surface area contributed by atoms with Crippen molar-refractivity contribution in [2.24, 2.45) is 5.92 Å². The van der Waals surface area contributed by atoms with E-state index in [0.717, 1.165) is 19.3 Å². The summed E-state index contributed by atoms with van der Waals surface area (Å²) in [7, 11) is 0. The Morgan fingerprint density at radius 1 is 0.758 bits per heavy atom. The molecule has 0 saturated carbocycles. The largest absolute Gasteiger partial charge is 0.481 e. The highest BCUT2D eigenvalue weighted by Crippen LogP contribution is 2.17. The van der Waals surface area contributed by atoms with Crippen LogP contribution in [0.3, 0.4) is 0 Å². The Bertz CT molecular complexity index is 498. The maximum Gasteiger partial charge on any atom is 0.307 e. The Morgan fingerprint density at radius 3 is 1.67 bits per heavy atom. The Hall–Kier alpha value is -1.58. The molecule has 0 aliphatic carbocycles. The summed E-state index contributed by atoms with van der Waals surface area (Å²) in [6.45, 7) is 5.87. The minimum Gasteiger partial charge on any atom is -0.481 e. The number of allylic oxidation sites excluding steroid dienone is 2. The summed E-state index contributed by atoms with van der Waals surface area (Å²) in [6, 6.07) is 0. The van der Waals surface area contributed by atoms with Crippen LogP contribution in [0.2, 0.25) is 0 Å². The van der Waals surface area contributed by atoms with Gasteiger partial charge in [-0.25, -0.2) is 0 Å². The van der Waals surface area contributed by atoms with Crippen molar-refractivity contribution in [1.82, 2.24) is 0 Å². The van der Waals surface area contributed by atoms with Crippen LogP contribution in [0.1, 0.15) is 135 Å². The standard InChI is InChI=1S/C29H52O4/c1-3-5-6-7-8-9-10-11-12-13-14-15-16-17-18-19-20-21-22-23-24-27(29(31)32)26-28(30)33-25-4-2/h4,7-8,27H,2-3,5-6,9-26H2,1H3,(H,31,32)/b8-7+. The van der Waals surface area contributed by atoms with Gasteiger partial charge in [0.15, 0.2) is 0 Å². The molecular weight excluding hydrogens is 412 g/mol. The van der Waals surface area contributed by atoms with E-state index in [1.807, 2.05) is 0 Å². The summed E-state index contributed by atoms with van der Waals surface area (Å²) in [5, 5.41) is 9.28. The van der Waals surface area contributed by atoms with Gasteiger partial charge in [0.05, 0.1) is 12.3 Å². The van der Waals surface area contributed by atoms with Crippen molar-refractivity contribution in [3.8, 4) is 0 Å². The van der Waals surface area contributed by atoms with Crippen LogP contribution in [0.15, 0.2) is 24.8 Å². The predicted molar refractivity (Wildman–Crippen MR) is 139 cm³/mol. The van der Waals surface area contributed by atoms with Gasteiger partial charge in [-0.1, -0.05) is 128 Å². The SMILES string of the molecule is C=CCOC(=O)CC(CCCCCCCCCCCCCCCC/C=C/CCCC)C(=O)O. The summed E-state index contributed by atoms with van der Waals surface area (Å²) in [6.07, 6.45) is 29.7. The number of ether oxygens (including phenoxy) is 1. The Morgan fingerprint density at radius 2 is 1.21 bits per heavy atom. The average Bonchev–Trinajstić information content (AvgIpc) is 2.80. The number of carbonyl (C=O) groups excluding carboxylic acids is 1. The van der Waals surface area contributed by atoms with Crippen LogP contribution in [-0.4, -0.2) is 23.7 Å². The summed E-state index contributed by atoms with van der Waals surface area (Å²) in [5.41, 5.74) is 0. The van der Waals surface area contributed by atoms with E-state index in [-0.39, 0.29) is 13.0 Å². The molecule has 4 heteroatoms. The number of hydrogen-bond acceptors (Lipinski definition) is 3. The van der Waals surface area contributed by atoms with E-state index < -0.39 is 17.9 Å². The number of aliphatic carboxylic acids is 1. The number of rotatable bonds is 25. The molecule has 0 aliphatic heterocycles. The minimum atomic E-state index is -0.902. The number of hydrogen-bond donors (Lipinski definition) is 1. The van der Waals surface area contributed by atoms with E-state index in [4.69, 9.17) is 4.74 Å². The number of unbranched alkanes of at least 4 members (excludes halogenated alkanes) is 16. The molecule has 33 heavy (non-hydrogen) atoms. The zero-order valence-corrected chi connectivity index (χ0v) is 21.5. The van der Waals surface area contributed by atoms with Gasteiger partial charge < -0.3 is 9.84 Å². The average molecular weight is 465 g/mol. The fourth-order valence-corrected chi connectivity index (χ4v) is 4.06. The van der Waals surface area contributed by atoms with Crippen LogP contribution < -0.4 is 0 Å². The van der Waals surface area contributed by atoms with Crippen LogP contribution in [0.4, 0.5) is 0 Å². The summed E-state index contributed by atoms with van der Waals surface area (Å²) in [4.78, 5) is 22.9. The van der Waals surface area contributed by atoms with Crippen molar-refractivity contribution < 1.29 is 19.4 Å². The zero-order chi connectivity index (χ0) is 24.4. The number of esters is 1. The first-order valence-corrected chi connectivity index (χ1v) is 13.8. The van der Waals surface area contributed by atoms with Crippen molar-refractivity contribution >= 4 is 11.9 Å². The normalized spacial score (nSPS) is 12.2. The van der Waals surface area contributed by atoms with E-state index in [1.54, 1.807) is 0 Å². The molecule has 0 rings (SSSR count). The van der Waals surface area contributed by atoms with Crippen LogP contribution in [-0.2, 0) is 14.3 Å². The van der Waals surface area contributed by atoms with E-state index in [9.17, 15) is 14.7 Å². The Balaban J connectivity index is 3.38. The molecular formula is C29H52O4. The quantitative estimate of drug-likeness (QED) is 0.0832. The van der Waals surface area contributed by atoms with Gasteiger partial charge in [-0.3, -0.25) is 9.59 Å². The highest BCUT2D eigenvalue weighted by Gasteiger charge is 2.21. The highest BCUT2D eigenvalue weighted by molar-refractivity contribution is 5.78. The molecule has 0 aromatic heterocycles. The molecule has 0 amide bonds. The second kappa shape index (κ2) is 25.1. The monoisotopic (exact) mass is 464 g/mol. The first-order chi connectivity index (χ1) is 16.1.